The molecule has 1 amide bonds. The zero-order valence-corrected chi connectivity index (χ0v) is 14.6. The molecule has 1 aliphatic rings. The summed E-state index contributed by atoms with van der Waals surface area (Å²) in [6, 6.07) is 18.9. The molecule has 0 saturated heterocycles. The Kier molecular flexibility index (Phi) is 4.13. The molecular weight excluding hydrogens is 326 g/mol. The Hall–Kier alpha value is -3.21. The smallest absolute Gasteiger partial charge is 0.267 e. The average molecular weight is 345 g/mol. The van der Waals surface area contributed by atoms with Gasteiger partial charge in [-0.3, -0.25) is 9.59 Å². The summed E-state index contributed by atoms with van der Waals surface area (Å²) < 4.78 is 1.25. The van der Waals surface area contributed by atoms with E-state index < -0.39 is 0 Å². The maximum Gasteiger partial charge on any atom is 0.267 e. The highest BCUT2D eigenvalue weighted by molar-refractivity contribution is 5.95. The molecule has 1 aliphatic heterocycles. The van der Waals surface area contributed by atoms with Crippen molar-refractivity contribution in [3.05, 3.63) is 82.1 Å². The van der Waals surface area contributed by atoms with Gasteiger partial charge in [-0.1, -0.05) is 42.5 Å². The van der Waals surface area contributed by atoms with Crippen molar-refractivity contribution in [2.75, 3.05) is 11.4 Å². The average Bonchev–Trinajstić information content (AvgIpc) is 3.08. The number of benzene rings is 2. The van der Waals surface area contributed by atoms with E-state index >= 15 is 0 Å². The van der Waals surface area contributed by atoms with Gasteiger partial charge in [0.25, 0.3) is 5.56 Å². The van der Waals surface area contributed by atoms with Crippen LogP contribution in [0.4, 0.5) is 5.69 Å². The van der Waals surface area contributed by atoms with Gasteiger partial charge in [-0.05, 0) is 36.6 Å². The summed E-state index contributed by atoms with van der Waals surface area (Å²) >= 11 is 0. The highest BCUT2D eigenvalue weighted by Gasteiger charge is 2.24. The monoisotopic (exact) mass is 345 g/mol. The fourth-order valence-corrected chi connectivity index (χ4v) is 3.38. The van der Waals surface area contributed by atoms with Gasteiger partial charge in [-0.2, -0.15) is 5.10 Å². The SMILES string of the molecule is Cc1ccccc1-c1ccc(=O)n(CC(=O)N2CCc3ccccc32)n1. The molecule has 0 unspecified atom stereocenters. The Balaban J connectivity index is 1.63. The van der Waals surface area contributed by atoms with Gasteiger partial charge in [0, 0.05) is 23.9 Å². The zero-order chi connectivity index (χ0) is 18.1. The summed E-state index contributed by atoms with van der Waals surface area (Å²) in [6.07, 6.45) is 0.841. The number of para-hydroxylation sites is 1. The third kappa shape index (κ3) is 2.92. The lowest BCUT2D eigenvalue weighted by atomic mass is 10.1. The van der Waals surface area contributed by atoms with E-state index in [2.05, 4.69) is 5.10 Å². The Labute approximate surface area is 151 Å². The van der Waals surface area contributed by atoms with E-state index in [0.29, 0.717) is 12.2 Å². The van der Waals surface area contributed by atoms with Crippen LogP contribution >= 0.6 is 0 Å². The molecular formula is C21H19N3O2. The van der Waals surface area contributed by atoms with E-state index in [1.54, 1.807) is 11.0 Å². The third-order valence-electron chi connectivity index (χ3n) is 4.76. The molecule has 1 aromatic heterocycles. The van der Waals surface area contributed by atoms with E-state index in [0.717, 1.165) is 28.8 Å². The van der Waals surface area contributed by atoms with Gasteiger partial charge >= 0.3 is 0 Å². The standard InChI is InChI=1S/C21H19N3O2/c1-15-6-2-4-8-17(15)18-10-11-20(25)24(22-18)14-21(26)23-13-12-16-7-3-5-9-19(16)23/h2-11H,12-14H2,1H3. The van der Waals surface area contributed by atoms with E-state index in [1.165, 1.54) is 10.7 Å². The van der Waals surface area contributed by atoms with Crippen molar-refractivity contribution in [2.45, 2.75) is 19.9 Å². The number of hydrogen-bond acceptors (Lipinski definition) is 3. The minimum absolute atomic E-state index is 0.0626. The van der Waals surface area contributed by atoms with Crippen molar-refractivity contribution in [3.63, 3.8) is 0 Å². The van der Waals surface area contributed by atoms with Gasteiger partial charge in [0.05, 0.1) is 5.69 Å². The van der Waals surface area contributed by atoms with Crippen LogP contribution in [-0.2, 0) is 17.8 Å². The van der Waals surface area contributed by atoms with Gasteiger partial charge < -0.3 is 4.90 Å². The molecule has 2 aromatic carbocycles. The van der Waals surface area contributed by atoms with Crippen LogP contribution in [0.5, 0.6) is 0 Å². The van der Waals surface area contributed by atoms with Crippen LogP contribution in [0.3, 0.4) is 0 Å². The molecule has 0 aliphatic carbocycles. The summed E-state index contributed by atoms with van der Waals surface area (Å²) in [5.74, 6) is -0.119. The van der Waals surface area contributed by atoms with Crippen molar-refractivity contribution >= 4 is 11.6 Å². The predicted molar refractivity (Wildman–Crippen MR) is 101 cm³/mol. The summed E-state index contributed by atoms with van der Waals surface area (Å²) in [7, 11) is 0. The minimum Gasteiger partial charge on any atom is -0.310 e. The van der Waals surface area contributed by atoms with Gasteiger partial charge in [0.1, 0.15) is 6.54 Å². The quantitative estimate of drug-likeness (QED) is 0.733. The van der Waals surface area contributed by atoms with Crippen molar-refractivity contribution in [2.24, 2.45) is 0 Å². The highest BCUT2D eigenvalue weighted by Crippen LogP contribution is 2.27. The second-order valence-electron chi connectivity index (χ2n) is 6.45. The summed E-state index contributed by atoms with van der Waals surface area (Å²) in [5, 5.41) is 4.43. The number of anilines is 1. The number of fused-ring (bicyclic) bond motifs is 1. The second kappa shape index (κ2) is 6.59. The lowest BCUT2D eigenvalue weighted by molar-refractivity contribution is -0.119. The molecule has 0 bridgehead atoms. The van der Waals surface area contributed by atoms with E-state index in [-0.39, 0.29) is 18.0 Å². The van der Waals surface area contributed by atoms with Crippen molar-refractivity contribution in [3.8, 4) is 11.3 Å². The number of amides is 1. The van der Waals surface area contributed by atoms with Gasteiger partial charge in [-0.25, -0.2) is 4.68 Å². The molecule has 0 saturated carbocycles. The Morgan fingerprint density at radius 3 is 2.65 bits per heavy atom. The van der Waals surface area contributed by atoms with Crippen molar-refractivity contribution < 1.29 is 4.79 Å². The number of aryl methyl sites for hydroxylation is 1. The fourth-order valence-electron chi connectivity index (χ4n) is 3.38. The van der Waals surface area contributed by atoms with Crippen LogP contribution in [-0.4, -0.2) is 22.2 Å². The molecule has 0 atom stereocenters. The second-order valence-corrected chi connectivity index (χ2v) is 6.45. The molecule has 26 heavy (non-hydrogen) atoms. The third-order valence-corrected chi connectivity index (χ3v) is 4.76. The van der Waals surface area contributed by atoms with Crippen LogP contribution in [0.2, 0.25) is 0 Å². The molecule has 0 N–H and O–H groups in total. The van der Waals surface area contributed by atoms with E-state index in [9.17, 15) is 9.59 Å². The molecule has 4 rings (SSSR count). The zero-order valence-electron chi connectivity index (χ0n) is 14.6. The molecule has 0 spiro atoms. The summed E-state index contributed by atoms with van der Waals surface area (Å²) in [6.45, 7) is 2.58. The van der Waals surface area contributed by atoms with Crippen LogP contribution < -0.4 is 10.5 Å². The van der Waals surface area contributed by atoms with Gasteiger partial charge in [-0.15, -0.1) is 0 Å². The number of carbonyl (C=O) groups excluding carboxylic acids is 1. The molecule has 0 fully saturated rings. The first-order valence-electron chi connectivity index (χ1n) is 8.66. The first-order chi connectivity index (χ1) is 12.6. The topological polar surface area (TPSA) is 55.2 Å². The van der Waals surface area contributed by atoms with Crippen molar-refractivity contribution in [1.82, 2.24) is 9.78 Å². The Morgan fingerprint density at radius 2 is 1.81 bits per heavy atom. The van der Waals surface area contributed by atoms with Crippen LogP contribution in [0.1, 0.15) is 11.1 Å². The van der Waals surface area contributed by atoms with E-state index in [1.807, 2.05) is 55.5 Å². The molecule has 2 heterocycles. The van der Waals surface area contributed by atoms with E-state index in [4.69, 9.17) is 0 Å². The number of nitrogens with zero attached hydrogens (tertiary/aromatic N) is 3. The first-order valence-corrected chi connectivity index (χ1v) is 8.66. The summed E-state index contributed by atoms with van der Waals surface area (Å²) in [4.78, 5) is 26.7. The number of aromatic nitrogens is 2. The molecule has 5 heteroatoms. The maximum atomic E-state index is 12.8. The number of hydrogen-bond donors (Lipinski definition) is 0. The Morgan fingerprint density at radius 1 is 1.04 bits per heavy atom. The Bertz CT molecular complexity index is 1040. The summed E-state index contributed by atoms with van der Waals surface area (Å²) in [5.41, 5.74) is 4.54. The van der Waals surface area contributed by atoms with Gasteiger partial charge in [0.2, 0.25) is 5.91 Å². The lowest BCUT2D eigenvalue weighted by Gasteiger charge is -2.18. The minimum atomic E-state index is -0.275. The number of carbonyl (C=O) groups is 1. The first kappa shape index (κ1) is 16.3. The fraction of sp³-hybridized carbons (Fsp3) is 0.190. The van der Waals surface area contributed by atoms with Crippen LogP contribution in [0, 0.1) is 6.92 Å². The maximum absolute atomic E-state index is 12.8. The molecule has 0 radical (unpaired) electrons. The lowest BCUT2D eigenvalue weighted by Crippen LogP contribution is -2.36. The molecule has 3 aromatic rings. The molecule has 130 valence electrons. The largest absolute Gasteiger partial charge is 0.310 e. The van der Waals surface area contributed by atoms with Gasteiger partial charge in [0.15, 0.2) is 0 Å². The predicted octanol–water partition coefficient (Wildman–Crippen LogP) is 2.81. The van der Waals surface area contributed by atoms with Crippen molar-refractivity contribution in [1.29, 1.82) is 0 Å². The molecule has 5 nitrogen and oxygen atoms in total. The number of rotatable bonds is 3. The van der Waals surface area contributed by atoms with Crippen LogP contribution in [0.25, 0.3) is 11.3 Å². The normalized spacial score (nSPS) is 12.9. The van der Waals surface area contributed by atoms with Crippen LogP contribution in [0.15, 0.2) is 65.5 Å². The highest BCUT2D eigenvalue weighted by atomic mass is 16.2.